The van der Waals surface area contributed by atoms with E-state index < -0.39 is 5.97 Å². The summed E-state index contributed by atoms with van der Waals surface area (Å²) in [6.45, 7) is 1.91. The first-order chi connectivity index (χ1) is 5.91. The number of aliphatic carboxylic acids is 1. The van der Waals surface area contributed by atoms with Crippen molar-refractivity contribution in [2.24, 2.45) is 0 Å². The Morgan fingerprint density at radius 3 is 2.31 bits per heavy atom. The van der Waals surface area contributed by atoms with Crippen LogP contribution in [0.15, 0.2) is 0 Å². The molecule has 0 unspecified atom stereocenters. The molecule has 5 heteroatoms. The largest absolute Gasteiger partial charge is 0.481 e. The fraction of sp³-hybridized carbons (Fsp3) is 0.750. The molecule has 0 bridgehead atoms. The van der Waals surface area contributed by atoms with Crippen LogP contribution >= 0.6 is 0 Å². The Kier molecular flexibility index (Phi) is 5.06. The Morgan fingerprint density at radius 2 is 2.00 bits per heavy atom. The zero-order valence-corrected chi connectivity index (χ0v) is 8.20. The van der Waals surface area contributed by atoms with Gasteiger partial charge in [0.25, 0.3) is 0 Å². The summed E-state index contributed by atoms with van der Waals surface area (Å²) in [6.07, 6.45) is -0.0439. The van der Waals surface area contributed by atoms with Gasteiger partial charge in [-0.25, -0.2) is 0 Å². The lowest BCUT2D eigenvalue weighted by Crippen LogP contribution is -2.42. The number of carboxylic acid groups (broad SMARTS) is 1. The zero-order chi connectivity index (χ0) is 10.4. The third-order valence-electron chi connectivity index (χ3n) is 1.41. The van der Waals surface area contributed by atoms with Gasteiger partial charge in [-0.15, -0.1) is 0 Å². The maximum Gasteiger partial charge on any atom is 0.305 e. The van der Waals surface area contributed by atoms with E-state index in [1.807, 2.05) is 19.0 Å². The fourth-order valence-corrected chi connectivity index (χ4v) is 1.10. The Balaban J connectivity index is 4.02. The van der Waals surface area contributed by atoms with Crippen molar-refractivity contribution in [3.8, 4) is 0 Å². The van der Waals surface area contributed by atoms with Crippen LogP contribution in [0.4, 0.5) is 0 Å². The summed E-state index contributed by atoms with van der Waals surface area (Å²) in [5, 5.41) is 11.1. The highest BCUT2D eigenvalue weighted by Crippen LogP contribution is 1.94. The predicted octanol–water partition coefficient (Wildman–Crippen LogP) is -0.473. The van der Waals surface area contributed by atoms with E-state index in [-0.39, 0.29) is 18.4 Å². The van der Waals surface area contributed by atoms with Gasteiger partial charge < -0.3 is 15.3 Å². The monoisotopic (exact) mass is 188 g/mol. The molecule has 2 N–H and O–H groups in total. The summed E-state index contributed by atoms with van der Waals surface area (Å²) in [5.41, 5.74) is 0. The van der Waals surface area contributed by atoms with Crippen molar-refractivity contribution in [3.63, 3.8) is 0 Å². The van der Waals surface area contributed by atoms with Crippen molar-refractivity contribution < 1.29 is 14.7 Å². The topological polar surface area (TPSA) is 69.6 Å². The molecule has 0 radical (unpaired) electrons. The first kappa shape index (κ1) is 11.9. The van der Waals surface area contributed by atoms with Crippen LogP contribution < -0.4 is 5.32 Å². The third-order valence-corrected chi connectivity index (χ3v) is 1.41. The van der Waals surface area contributed by atoms with E-state index >= 15 is 0 Å². The molecule has 0 aromatic rings. The van der Waals surface area contributed by atoms with Crippen LogP contribution in [0.1, 0.15) is 13.3 Å². The summed E-state index contributed by atoms with van der Waals surface area (Å²) in [5.74, 6) is -1.10. The van der Waals surface area contributed by atoms with E-state index in [9.17, 15) is 9.59 Å². The Morgan fingerprint density at radius 1 is 1.46 bits per heavy atom. The van der Waals surface area contributed by atoms with Gasteiger partial charge in [-0.1, -0.05) is 0 Å². The highest BCUT2D eigenvalue weighted by molar-refractivity contribution is 5.74. The molecule has 0 rings (SSSR count). The minimum absolute atomic E-state index is 0.0439. The molecule has 0 aromatic heterocycles. The summed E-state index contributed by atoms with van der Waals surface area (Å²) in [4.78, 5) is 22.9. The van der Waals surface area contributed by atoms with E-state index in [2.05, 4.69) is 5.32 Å². The van der Waals surface area contributed by atoms with E-state index in [1.165, 1.54) is 6.92 Å². The lowest BCUT2D eigenvalue weighted by atomic mass is 10.2. The fourth-order valence-electron chi connectivity index (χ4n) is 1.10. The zero-order valence-electron chi connectivity index (χ0n) is 8.20. The van der Waals surface area contributed by atoms with E-state index in [4.69, 9.17) is 5.11 Å². The highest BCUT2D eigenvalue weighted by atomic mass is 16.4. The molecule has 5 nitrogen and oxygen atoms in total. The molecular formula is C8H16N2O3. The van der Waals surface area contributed by atoms with Gasteiger partial charge in [-0.2, -0.15) is 0 Å². The van der Waals surface area contributed by atoms with Crippen molar-refractivity contribution in [2.45, 2.75) is 19.4 Å². The Labute approximate surface area is 77.7 Å². The number of carboxylic acids is 1. The quantitative estimate of drug-likeness (QED) is 0.612. The molecule has 0 fully saturated rings. The van der Waals surface area contributed by atoms with Gasteiger partial charge in [0.1, 0.15) is 0 Å². The molecule has 0 aliphatic rings. The first-order valence-corrected chi connectivity index (χ1v) is 4.05. The van der Waals surface area contributed by atoms with Gasteiger partial charge in [-0.05, 0) is 14.1 Å². The Hall–Kier alpha value is -1.10. The molecule has 13 heavy (non-hydrogen) atoms. The maximum absolute atomic E-state index is 10.7. The van der Waals surface area contributed by atoms with Crippen molar-refractivity contribution in [3.05, 3.63) is 0 Å². The molecule has 0 aliphatic heterocycles. The second kappa shape index (κ2) is 5.53. The number of nitrogens with one attached hydrogen (secondary N) is 1. The van der Waals surface area contributed by atoms with Crippen molar-refractivity contribution in [1.82, 2.24) is 10.2 Å². The van der Waals surface area contributed by atoms with E-state index in [0.717, 1.165) is 0 Å². The van der Waals surface area contributed by atoms with Crippen LogP contribution in [0, 0.1) is 0 Å². The van der Waals surface area contributed by atoms with Crippen LogP contribution in [0.2, 0.25) is 0 Å². The minimum Gasteiger partial charge on any atom is -0.481 e. The second-order valence-electron chi connectivity index (χ2n) is 3.26. The molecule has 1 amide bonds. The summed E-state index contributed by atoms with van der Waals surface area (Å²) in [6, 6.07) is -0.315. The van der Waals surface area contributed by atoms with Crippen LogP contribution in [0.3, 0.4) is 0 Å². The number of amides is 1. The maximum atomic E-state index is 10.7. The lowest BCUT2D eigenvalue weighted by molar-refractivity contribution is -0.137. The van der Waals surface area contributed by atoms with Gasteiger partial charge in [0.2, 0.25) is 5.91 Å². The molecular weight excluding hydrogens is 172 g/mol. The van der Waals surface area contributed by atoms with Crippen LogP contribution in [-0.2, 0) is 9.59 Å². The van der Waals surface area contributed by atoms with E-state index in [1.54, 1.807) is 0 Å². The van der Waals surface area contributed by atoms with Gasteiger partial charge in [0.15, 0.2) is 0 Å². The lowest BCUT2D eigenvalue weighted by Gasteiger charge is -2.19. The van der Waals surface area contributed by atoms with Crippen molar-refractivity contribution >= 4 is 11.9 Å². The predicted molar refractivity (Wildman–Crippen MR) is 48.4 cm³/mol. The van der Waals surface area contributed by atoms with Crippen LogP contribution in [0.5, 0.6) is 0 Å². The van der Waals surface area contributed by atoms with Crippen LogP contribution in [0.25, 0.3) is 0 Å². The molecule has 0 saturated heterocycles. The highest BCUT2D eigenvalue weighted by Gasteiger charge is 2.14. The van der Waals surface area contributed by atoms with Crippen molar-refractivity contribution in [1.29, 1.82) is 0 Å². The second-order valence-corrected chi connectivity index (χ2v) is 3.26. The SMILES string of the molecule is CC(=O)N[C@H](CC(=O)O)CN(C)C. The number of hydrogen-bond donors (Lipinski definition) is 2. The van der Waals surface area contributed by atoms with Gasteiger partial charge in [0, 0.05) is 13.5 Å². The molecule has 0 aromatic carbocycles. The molecule has 1 atom stereocenters. The van der Waals surface area contributed by atoms with Gasteiger partial charge in [-0.3, -0.25) is 9.59 Å². The average molecular weight is 188 g/mol. The summed E-state index contributed by atoms with van der Waals surface area (Å²) in [7, 11) is 3.66. The first-order valence-electron chi connectivity index (χ1n) is 4.05. The number of hydrogen-bond acceptors (Lipinski definition) is 3. The normalized spacial score (nSPS) is 12.6. The molecule has 0 saturated carbocycles. The third kappa shape index (κ3) is 7.27. The van der Waals surface area contributed by atoms with E-state index in [0.29, 0.717) is 6.54 Å². The number of nitrogens with zero attached hydrogens (tertiary/aromatic N) is 1. The molecule has 76 valence electrons. The van der Waals surface area contributed by atoms with Gasteiger partial charge in [0.05, 0.1) is 12.5 Å². The smallest absolute Gasteiger partial charge is 0.305 e. The van der Waals surface area contributed by atoms with Crippen molar-refractivity contribution in [2.75, 3.05) is 20.6 Å². The summed E-state index contributed by atoms with van der Waals surface area (Å²) >= 11 is 0. The number of carbonyl (C=O) groups excluding carboxylic acids is 1. The number of likely N-dealkylation sites (N-methyl/N-ethyl adjacent to an activating group) is 1. The Bertz CT molecular complexity index is 176. The standard InChI is InChI=1S/C8H16N2O3/c1-6(11)9-7(4-8(12)13)5-10(2)3/h7H,4-5H2,1-3H3,(H,9,11)(H,12,13)/t7-/m1/s1. The average Bonchev–Trinajstić information content (AvgIpc) is 1.80. The number of rotatable bonds is 5. The summed E-state index contributed by atoms with van der Waals surface area (Å²) < 4.78 is 0. The minimum atomic E-state index is -0.902. The molecule has 0 aliphatic carbocycles. The molecule has 0 heterocycles. The molecule has 0 spiro atoms. The van der Waals surface area contributed by atoms with Gasteiger partial charge >= 0.3 is 5.97 Å². The number of carbonyl (C=O) groups is 2. The van der Waals surface area contributed by atoms with Crippen LogP contribution in [-0.4, -0.2) is 48.6 Å².